The first-order chi connectivity index (χ1) is 14.9. The van der Waals surface area contributed by atoms with E-state index in [9.17, 15) is 13.2 Å². The number of nitrogens with two attached hydrogens (primary N) is 1. The lowest BCUT2D eigenvalue weighted by atomic mass is 9.97. The van der Waals surface area contributed by atoms with Gasteiger partial charge in [0.15, 0.2) is 0 Å². The van der Waals surface area contributed by atoms with Crippen molar-refractivity contribution in [2.45, 2.75) is 30.3 Å². The number of nitrogens with zero attached hydrogens (tertiary/aromatic N) is 2. The Kier molecular flexibility index (Phi) is 8.58. The van der Waals surface area contributed by atoms with Crippen LogP contribution in [0, 0.1) is 5.92 Å². The van der Waals surface area contributed by atoms with Crippen molar-refractivity contribution in [3.63, 3.8) is 0 Å². The zero-order chi connectivity index (χ0) is 22.4. The maximum absolute atomic E-state index is 13.3. The molecule has 0 amide bonds. The van der Waals surface area contributed by atoms with Gasteiger partial charge in [-0.3, -0.25) is 9.86 Å². The molecule has 31 heavy (non-hydrogen) atoms. The quantitative estimate of drug-likeness (QED) is 0.470. The molecular weight excluding hydrogens is 441 g/mol. The monoisotopic (exact) mass is 470 g/mol. The zero-order valence-corrected chi connectivity index (χ0v) is 19.1. The summed E-state index contributed by atoms with van der Waals surface area (Å²) in [6, 6.07) is 3.95. The molecule has 0 saturated carbocycles. The van der Waals surface area contributed by atoms with Gasteiger partial charge in [0.1, 0.15) is 0 Å². The Morgan fingerprint density at radius 3 is 2.55 bits per heavy atom. The molecule has 0 aliphatic carbocycles. The number of nitrogens with one attached hydrogen (secondary N) is 1. The Morgan fingerprint density at radius 2 is 1.94 bits per heavy atom. The highest BCUT2D eigenvalue weighted by molar-refractivity contribution is 8.03. The minimum atomic E-state index is -4.37. The fourth-order valence-electron chi connectivity index (χ4n) is 4.05. The van der Waals surface area contributed by atoms with Crippen molar-refractivity contribution in [3.05, 3.63) is 59.7 Å². The maximum Gasteiger partial charge on any atom is 0.416 e. The number of likely N-dealkylation sites (tertiary alicyclic amines) is 1. The normalized spacial score (nSPS) is 18.3. The average Bonchev–Trinajstić information content (AvgIpc) is 2.77. The molecule has 1 saturated heterocycles. The molecule has 4 nitrogen and oxygen atoms in total. The largest absolute Gasteiger partial charge is 0.416 e. The molecule has 0 radical (unpaired) electrons. The van der Waals surface area contributed by atoms with Gasteiger partial charge in [-0.1, -0.05) is 31.0 Å². The number of fused-ring (bicyclic) bond motifs is 1. The van der Waals surface area contributed by atoms with Gasteiger partial charge in [0.25, 0.3) is 0 Å². The average molecular weight is 471 g/mol. The van der Waals surface area contributed by atoms with Crippen molar-refractivity contribution in [1.82, 2.24) is 9.62 Å². The summed E-state index contributed by atoms with van der Waals surface area (Å²) in [6.45, 7) is 12.3. The van der Waals surface area contributed by atoms with E-state index in [0.29, 0.717) is 18.2 Å². The molecule has 2 aliphatic rings. The number of allylic oxidation sites excluding steroid dienone is 2. The van der Waals surface area contributed by atoms with Gasteiger partial charge in [-0.05, 0) is 69.1 Å². The van der Waals surface area contributed by atoms with Crippen LogP contribution < -0.4 is 14.8 Å². The van der Waals surface area contributed by atoms with E-state index in [2.05, 4.69) is 22.8 Å². The maximum atomic E-state index is 13.3. The van der Waals surface area contributed by atoms with Crippen molar-refractivity contribution in [2.24, 2.45) is 11.1 Å². The van der Waals surface area contributed by atoms with Crippen molar-refractivity contribution >= 4 is 29.6 Å². The van der Waals surface area contributed by atoms with E-state index in [-0.39, 0.29) is 0 Å². The van der Waals surface area contributed by atoms with Crippen LogP contribution in [0.4, 0.5) is 18.9 Å². The molecule has 0 unspecified atom stereocenters. The molecule has 9 heteroatoms. The fourth-order valence-corrected chi connectivity index (χ4v) is 5.42. The molecule has 2 aliphatic heterocycles. The summed E-state index contributed by atoms with van der Waals surface area (Å²) in [7, 11) is 0. The molecular formula is C22H29F3N4S2. The minimum absolute atomic E-state index is 0.587. The van der Waals surface area contributed by atoms with E-state index in [1.54, 1.807) is 18.2 Å². The summed E-state index contributed by atoms with van der Waals surface area (Å²) >= 11 is 2.60. The lowest BCUT2D eigenvalue weighted by molar-refractivity contribution is -0.137. The first-order valence-corrected chi connectivity index (χ1v) is 12.0. The molecule has 3 rings (SSSR count). The van der Waals surface area contributed by atoms with Crippen LogP contribution in [0.3, 0.4) is 0 Å². The van der Waals surface area contributed by atoms with E-state index < -0.39 is 11.7 Å². The molecule has 0 atom stereocenters. The van der Waals surface area contributed by atoms with Crippen LogP contribution in [0.5, 0.6) is 0 Å². The number of alkyl halides is 3. The van der Waals surface area contributed by atoms with Crippen LogP contribution in [-0.4, -0.2) is 37.6 Å². The summed E-state index contributed by atoms with van der Waals surface area (Å²) in [5.41, 5.74) is 0.772. The van der Waals surface area contributed by atoms with Crippen LogP contribution in [0.1, 0.15) is 24.8 Å². The topological polar surface area (TPSA) is 44.5 Å². The standard InChI is InChI=1S/C22H29F3N4S2/c1-3-18-20(4-2)30-21-7-6-17(22(23,24)25)14-19(21)29(18)11-5-10-28-12-8-16(9-13-28)15-27-31-26/h3-4,6-7,14,16,27H,1-2,5,8-13,15,26H2. The SMILES string of the molecule is C=CC1=C(C=C)N(CCCN2CCC(CNSN)CC2)c2cc(C(F)(F)F)ccc2S1. The van der Waals surface area contributed by atoms with Gasteiger partial charge in [-0.2, -0.15) is 13.2 Å². The molecule has 0 spiro atoms. The summed E-state index contributed by atoms with van der Waals surface area (Å²) in [5, 5.41) is 5.43. The van der Waals surface area contributed by atoms with Crippen LogP contribution >= 0.6 is 23.9 Å². The van der Waals surface area contributed by atoms with Gasteiger partial charge in [0, 0.05) is 35.0 Å². The number of benzene rings is 1. The van der Waals surface area contributed by atoms with Gasteiger partial charge in [-0.25, -0.2) is 0 Å². The van der Waals surface area contributed by atoms with E-state index in [4.69, 9.17) is 5.14 Å². The van der Waals surface area contributed by atoms with Gasteiger partial charge in [0.2, 0.25) is 0 Å². The molecule has 0 bridgehead atoms. The predicted octanol–water partition coefficient (Wildman–Crippen LogP) is 5.41. The van der Waals surface area contributed by atoms with E-state index in [0.717, 1.165) is 67.0 Å². The zero-order valence-electron chi connectivity index (χ0n) is 17.5. The number of rotatable bonds is 9. The third-order valence-electron chi connectivity index (χ3n) is 5.74. The molecule has 3 N–H and O–H groups in total. The van der Waals surface area contributed by atoms with E-state index >= 15 is 0 Å². The van der Waals surface area contributed by atoms with Crippen molar-refractivity contribution in [1.29, 1.82) is 0 Å². The van der Waals surface area contributed by atoms with Crippen LogP contribution in [-0.2, 0) is 6.18 Å². The number of halogens is 3. The van der Waals surface area contributed by atoms with Crippen molar-refractivity contribution in [2.75, 3.05) is 37.6 Å². The number of anilines is 1. The van der Waals surface area contributed by atoms with Crippen LogP contribution in [0.15, 0.2) is 59.0 Å². The highest BCUT2D eigenvalue weighted by Gasteiger charge is 2.33. The molecule has 1 aromatic rings. The molecule has 0 aromatic heterocycles. The Bertz CT molecular complexity index is 817. The Hall–Kier alpha value is -1.39. The lowest BCUT2D eigenvalue weighted by Gasteiger charge is -2.35. The molecule has 170 valence electrons. The second kappa shape index (κ2) is 11.0. The van der Waals surface area contributed by atoms with Gasteiger partial charge in [0.05, 0.1) is 16.9 Å². The Balaban J connectivity index is 1.68. The van der Waals surface area contributed by atoms with Crippen molar-refractivity contribution in [3.8, 4) is 0 Å². The lowest BCUT2D eigenvalue weighted by Crippen LogP contribution is -2.38. The summed E-state index contributed by atoms with van der Waals surface area (Å²) in [5.74, 6) is 0.643. The third kappa shape index (κ3) is 6.10. The number of thioether (sulfide) groups is 1. The summed E-state index contributed by atoms with van der Waals surface area (Å²) in [4.78, 5) is 6.11. The smallest absolute Gasteiger partial charge is 0.340 e. The van der Waals surface area contributed by atoms with Crippen molar-refractivity contribution < 1.29 is 13.2 Å². The van der Waals surface area contributed by atoms with Gasteiger partial charge < -0.3 is 9.80 Å². The Morgan fingerprint density at radius 1 is 1.19 bits per heavy atom. The number of piperidine rings is 1. The Labute approximate surface area is 191 Å². The van der Waals surface area contributed by atoms with E-state index in [1.165, 1.54) is 30.0 Å². The molecule has 1 fully saturated rings. The van der Waals surface area contributed by atoms with Crippen LogP contribution in [0.25, 0.3) is 0 Å². The van der Waals surface area contributed by atoms with E-state index in [1.807, 2.05) is 4.90 Å². The van der Waals surface area contributed by atoms with Crippen LogP contribution in [0.2, 0.25) is 0 Å². The summed E-state index contributed by atoms with van der Waals surface area (Å²) < 4.78 is 43.1. The second-order valence-corrected chi connectivity index (χ2v) is 9.30. The minimum Gasteiger partial charge on any atom is -0.340 e. The number of hydrogen-bond donors (Lipinski definition) is 2. The first-order valence-electron chi connectivity index (χ1n) is 10.3. The fraction of sp³-hybridized carbons (Fsp3) is 0.455. The highest BCUT2D eigenvalue weighted by atomic mass is 32.2. The molecule has 1 aromatic carbocycles. The molecule has 2 heterocycles. The van der Waals surface area contributed by atoms with Gasteiger partial charge in [-0.15, -0.1) is 0 Å². The van der Waals surface area contributed by atoms with Gasteiger partial charge >= 0.3 is 6.18 Å². The first kappa shape index (κ1) is 24.3. The second-order valence-electron chi connectivity index (χ2n) is 7.70. The highest BCUT2D eigenvalue weighted by Crippen LogP contribution is 2.46. The number of hydrogen-bond acceptors (Lipinski definition) is 6. The third-order valence-corrected chi connectivity index (χ3v) is 7.23. The summed E-state index contributed by atoms with van der Waals surface area (Å²) in [6.07, 6.45) is 2.19. The predicted molar refractivity (Wildman–Crippen MR) is 126 cm³/mol.